The van der Waals surface area contributed by atoms with E-state index in [9.17, 15) is 13.8 Å². The summed E-state index contributed by atoms with van der Waals surface area (Å²) in [7, 11) is 5.99. The molecule has 1 unspecified atom stereocenters. The van der Waals surface area contributed by atoms with Crippen molar-refractivity contribution in [2.24, 2.45) is 0 Å². The lowest BCUT2D eigenvalue weighted by atomic mass is 10.0. The van der Waals surface area contributed by atoms with Gasteiger partial charge in [-0.25, -0.2) is 9.19 Å². The zero-order valence-corrected chi connectivity index (χ0v) is 27.9. The topological polar surface area (TPSA) is 109 Å². The molecule has 3 heterocycles. The van der Waals surface area contributed by atoms with E-state index in [1.54, 1.807) is 24.2 Å². The number of hydrogen-bond donors (Lipinski definition) is 2. The standard InChI is InChI=1S/C24H26N4O2S.C10H18N2O2/c1-4-5-12-31(30)28-16-18(2)24-21(17-29)13-20(14-22(24)28)19-6-7-23(25-15-19)27-10-8-26(3)9-11-27;1-8(12-3)5-10(14-4)9(7-13)6-11-2/h1,6-7,13-17H,5,8-12H2,2-3H3;5,7,11-12H,6H2,1-4H3/b;8-5-,10-9+. The monoisotopic (exact) mass is 632 g/mol. The van der Waals surface area contributed by atoms with Crippen LogP contribution >= 0.6 is 0 Å². The van der Waals surface area contributed by atoms with Gasteiger partial charge in [0.05, 0.1) is 18.4 Å². The van der Waals surface area contributed by atoms with E-state index in [2.05, 4.69) is 38.4 Å². The van der Waals surface area contributed by atoms with Crippen LogP contribution < -0.4 is 15.5 Å². The molecule has 0 aliphatic carbocycles. The third kappa shape index (κ3) is 9.14. The first-order valence-corrected chi connectivity index (χ1v) is 16.0. The number of nitrogens with one attached hydrogen (secondary N) is 2. The molecule has 1 aliphatic rings. The van der Waals surface area contributed by atoms with Gasteiger partial charge in [-0.2, -0.15) is 0 Å². The van der Waals surface area contributed by atoms with E-state index >= 15 is 0 Å². The summed E-state index contributed by atoms with van der Waals surface area (Å²) < 4.78 is 19.6. The number of aryl methyl sites for hydroxylation is 1. The number of likely N-dealkylation sites (N-methyl/N-ethyl adjacent to an activating group) is 2. The van der Waals surface area contributed by atoms with Gasteiger partial charge in [-0.3, -0.25) is 13.6 Å². The summed E-state index contributed by atoms with van der Waals surface area (Å²) >= 11 is 0. The number of methoxy groups -OCH3 is 1. The molecule has 1 atom stereocenters. The lowest BCUT2D eigenvalue weighted by Gasteiger charge is -2.33. The summed E-state index contributed by atoms with van der Waals surface area (Å²) in [5, 5.41) is 6.70. The molecule has 0 bridgehead atoms. The average molecular weight is 633 g/mol. The number of piperazine rings is 1. The third-order valence-electron chi connectivity index (χ3n) is 7.55. The van der Waals surface area contributed by atoms with Gasteiger partial charge in [0, 0.05) is 86.4 Å². The maximum atomic E-state index is 12.8. The first-order valence-electron chi connectivity index (χ1n) is 14.8. The Bertz CT molecular complexity index is 1600. The minimum absolute atomic E-state index is 0.377. The number of aldehydes is 2. The van der Waals surface area contributed by atoms with E-state index in [1.807, 2.05) is 57.6 Å². The highest BCUT2D eigenvalue weighted by Crippen LogP contribution is 2.31. The highest BCUT2D eigenvalue weighted by Gasteiger charge is 2.18. The largest absolute Gasteiger partial charge is 0.496 e. The summed E-state index contributed by atoms with van der Waals surface area (Å²) in [6, 6.07) is 7.92. The van der Waals surface area contributed by atoms with Gasteiger partial charge >= 0.3 is 0 Å². The van der Waals surface area contributed by atoms with Gasteiger partial charge in [0.1, 0.15) is 22.6 Å². The second-order valence-corrected chi connectivity index (χ2v) is 12.2. The number of ether oxygens (including phenoxy) is 1. The van der Waals surface area contributed by atoms with Crippen LogP contribution in [-0.4, -0.2) is 97.4 Å². The molecule has 0 saturated carbocycles. The normalized spacial score (nSPS) is 15.0. The number of allylic oxidation sites excluding steroid dienone is 2. The Kier molecular flexibility index (Phi) is 13.5. The lowest BCUT2D eigenvalue weighted by Crippen LogP contribution is -2.44. The minimum atomic E-state index is -1.29. The van der Waals surface area contributed by atoms with Crippen molar-refractivity contribution >= 4 is 40.3 Å². The zero-order chi connectivity index (χ0) is 32.9. The minimum Gasteiger partial charge on any atom is -0.496 e. The van der Waals surface area contributed by atoms with Crippen LogP contribution in [0.1, 0.15) is 29.3 Å². The van der Waals surface area contributed by atoms with Crippen LogP contribution in [0.2, 0.25) is 0 Å². The van der Waals surface area contributed by atoms with Crippen LogP contribution in [-0.2, 0) is 20.5 Å². The Morgan fingerprint density at radius 3 is 2.44 bits per heavy atom. The molecule has 0 spiro atoms. The number of terminal acetylenes is 1. The van der Waals surface area contributed by atoms with Crippen LogP contribution in [0.3, 0.4) is 0 Å². The molecule has 2 aromatic heterocycles. The Hall–Kier alpha value is -4.24. The fourth-order valence-electron chi connectivity index (χ4n) is 4.94. The summed E-state index contributed by atoms with van der Waals surface area (Å²) in [6.45, 7) is 8.30. The van der Waals surface area contributed by atoms with E-state index in [-0.39, 0.29) is 0 Å². The van der Waals surface area contributed by atoms with Crippen LogP contribution in [0.5, 0.6) is 0 Å². The number of aromatic nitrogens is 2. The smallest absolute Gasteiger partial charge is 0.151 e. The van der Waals surface area contributed by atoms with Gasteiger partial charge in [-0.15, -0.1) is 12.3 Å². The lowest BCUT2D eigenvalue weighted by molar-refractivity contribution is -0.105. The fourth-order valence-corrected chi connectivity index (χ4v) is 6.07. The van der Waals surface area contributed by atoms with Crippen molar-refractivity contribution < 1.29 is 18.5 Å². The number of anilines is 1. The number of pyridine rings is 1. The molecule has 0 amide bonds. The average Bonchev–Trinajstić information content (AvgIpc) is 3.41. The Morgan fingerprint density at radius 1 is 1.16 bits per heavy atom. The summed E-state index contributed by atoms with van der Waals surface area (Å²) in [4.78, 5) is 31.9. The quantitative estimate of drug-likeness (QED) is 0.102. The maximum absolute atomic E-state index is 12.8. The molecular formula is C34H44N6O4S. The third-order valence-corrected chi connectivity index (χ3v) is 8.85. The van der Waals surface area contributed by atoms with Crippen molar-refractivity contribution in [3.05, 3.63) is 70.9 Å². The van der Waals surface area contributed by atoms with Gasteiger partial charge in [0.25, 0.3) is 0 Å². The second-order valence-electron chi connectivity index (χ2n) is 10.7. The molecular weight excluding hydrogens is 588 g/mol. The van der Waals surface area contributed by atoms with E-state index < -0.39 is 11.0 Å². The first-order chi connectivity index (χ1) is 21.7. The Morgan fingerprint density at radius 2 is 1.89 bits per heavy atom. The van der Waals surface area contributed by atoms with E-state index in [0.717, 1.165) is 77.9 Å². The molecule has 11 heteroatoms. The van der Waals surface area contributed by atoms with Crippen LogP contribution in [0.15, 0.2) is 59.8 Å². The van der Waals surface area contributed by atoms with Crippen molar-refractivity contribution in [3.63, 3.8) is 0 Å². The molecule has 240 valence electrons. The number of carbonyl (C=O) groups is 2. The number of nitrogens with zero attached hydrogens (tertiary/aromatic N) is 4. The second kappa shape index (κ2) is 17.3. The van der Waals surface area contributed by atoms with Crippen LogP contribution in [0.25, 0.3) is 22.0 Å². The molecule has 4 rings (SSSR count). The fraction of sp³-hybridized carbons (Fsp3) is 0.382. The van der Waals surface area contributed by atoms with Crippen molar-refractivity contribution in [3.8, 4) is 23.5 Å². The summed E-state index contributed by atoms with van der Waals surface area (Å²) in [5.41, 5.74) is 5.61. The Labute approximate surface area is 269 Å². The molecule has 2 N–H and O–H groups in total. The van der Waals surface area contributed by atoms with Crippen molar-refractivity contribution in [2.45, 2.75) is 20.3 Å². The molecule has 45 heavy (non-hydrogen) atoms. The van der Waals surface area contributed by atoms with Gasteiger partial charge in [0.2, 0.25) is 0 Å². The van der Waals surface area contributed by atoms with Gasteiger partial charge in [0.15, 0.2) is 12.6 Å². The zero-order valence-electron chi connectivity index (χ0n) is 27.1. The SMILES string of the molecule is C#CCCS(=O)n1cc(C)c2c(C=O)cc(-c3ccc(N4CCN(C)CC4)nc3)cc21.CNC/C(C=O)=C(/C=C(/C)NC)OC. The summed E-state index contributed by atoms with van der Waals surface area (Å²) in [6.07, 6.45) is 12.9. The highest BCUT2D eigenvalue weighted by molar-refractivity contribution is 7.83. The molecule has 1 fully saturated rings. The molecule has 3 aromatic rings. The summed E-state index contributed by atoms with van der Waals surface area (Å²) in [5.74, 6) is 4.46. The number of benzene rings is 1. The van der Waals surface area contributed by atoms with Gasteiger partial charge in [-0.1, -0.05) is 0 Å². The van der Waals surface area contributed by atoms with E-state index in [0.29, 0.717) is 35.6 Å². The van der Waals surface area contributed by atoms with E-state index in [4.69, 9.17) is 11.2 Å². The number of carbonyl (C=O) groups excluding carboxylic acids is 2. The first kappa shape index (κ1) is 35.2. The molecule has 10 nitrogen and oxygen atoms in total. The van der Waals surface area contributed by atoms with Crippen molar-refractivity contribution in [1.82, 2.24) is 24.5 Å². The molecule has 0 radical (unpaired) electrons. The maximum Gasteiger partial charge on any atom is 0.151 e. The van der Waals surface area contributed by atoms with Crippen LogP contribution in [0.4, 0.5) is 5.82 Å². The number of fused-ring (bicyclic) bond motifs is 1. The van der Waals surface area contributed by atoms with Gasteiger partial charge < -0.3 is 25.2 Å². The van der Waals surface area contributed by atoms with Crippen molar-refractivity contribution in [1.29, 1.82) is 0 Å². The predicted molar refractivity (Wildman–Crippen MR) is 184 cm³/mol. The highest BCUT2D eigenvalue weighted by atomic mass is 32.2. The molecule has 1 saturated heterocycles. The van der Waals surface area contributed by atoms with Crippen LogP contribution in [0, 0.1) is 19.3 Å². The van der Waals surface area contributed by atoms with Crippen molar-refractivity contribution in [2.75, 3.05) is 71.6 Å². The predicted octanol–water partition coefficient (Wildman–Crippen LogP) is 3.54. The van der Waals surface area contributed by atoms with Gasteiger partial charge in [-0.05, 0) is 69.4 Å². The van der Waals surface area contributed by atoms with E-state index in [1.165, 1.54) is 0 Å². The Balaban J connectivity index is 0.000000335. The molecule has 1 aromatic carbocycles. The molecule has 1 aliphatic heterocycles. The number of rotatable bonds is 12. The number of hydrogen-bond acceptors (Lipinski definition) is 9.